The van der Waals surface area contributed by atoms with Crippen molar-refractivity contribution in [1.29, 1.82) is 0 Å². The molecular formula is C15H18N2O. The summed E-state index contributed by atoms with van der Waals surface area (Å²) in [4.78, 5) is 4.24. The third-order valence-electron chi connectivity index (χ3n) is 3.87. The molecule has 2 atom stereocenters. The van der Waals surface area contributed by atoms with Gasteiger partial charge < -0.3 is 10.1 Å². The third kappa shape index (κ3) is 2.18. The van der Waals surface area contributed by atoms with E-state index >= 15 is 0 Å². The van der Waals surface area contributed by atoms with Crippen molar-refractivity contribution < 1.29 is 4.74 Å². The molecule has 1 fully saturated rings. The lowest BCUT2D eigenvalue weighted by molar-refractivity contribution is 0.324. The molecular weight excluding hydrogens is 224 g/mol. The van der Waals surface area contributed by atoms with Gasteiger partial charge in [-0.1, -0.05) is 12.7 Å². The topological polar surface area (TPSA) is 34.1 Å². The van der Waals surface area contributed by atoms with E-state index in [9.17, 15) is 0 Å². The number of nitrogens with zero attached hydrogens (tertiary/aromatic N) is 1. The molecule has 3 rings (SSSR count). The lowest BCUT2D eigenvalue weighted by atomic mass is 9.89. The number of hydrogen-bond acceptors (Lipinski definition) is 3. The van der Waals surface area contributed by atoms with Crippen LogP contribution < -0.4 is 10.1 Å². The Balaban J connectivity index is 1.82. The summed E-state index contributed by atoms with van der Waals surface area (Å²) in [5.41, 5.74) is 2.60. The van der Waals surface area contributed by atoms with Gasteiger partial charge in [0, 0.05) is 6.20 Å². The van der Waals surface area contributed by atoms with Crippen LogP contribution in [0.25, 0.3) is 5.57 Å². The average Bonchev–Trinajstić information content (AvgIpc) is 2.83. The molecule has 0 saturated carbocycles. The molecule has 1 saturated heterocycles. The largest absolute Gasteiger partial charge is 0.464 e. The van der Waals surface area contributed by atoms with Crippen molar-refractivity contribution in [2.24, 2.45) is 11.8 Å². The fourth-order valence-corrected chi connectivity index (χ4v) is 2.96. The maximum absolute atomic E-state index is 5.29. The monoisotopic (exact) mass is 242 g/mol. The average molecular weight is 242 g/mol. The fourth-order valence-electron chi connectivity index (χ4n) is 2.96. The summed E-state index contributed by atoms with van der Waals surface area (Å²) < 4.78 is 5.29. The molecule has 2 aliphatic rings. The van der Waals surface area contributed by atoms with Gasteiger partial charge in [-0.2, -0.15) is 0 Å². The van der Waals surface area contributed by atoms with Crippen LogP contribution in [0.4, 0.5) is 0 Å². The maximum Gasteiger partial charge on any atom is 0.145 e. The summed E-state index contributed by atoms with van der Waals surface area (Å²) in [6.07, 6.45) is 9.91. The van der Waals surface area contributed by atoms with Gasteiger partial charge in [-0.3, -0.25) is 4.98 Å². The van der Waals surface area contributed by atoms with E-state index in [1.807, 2.05) is 12.3 Å². The molecule has 1 aliphatic heterocycles. The summed E-state index contributed by atoms with van der Waals surface area (Å²) in [6.45, 7) is 5.85. The van der Waals surface area contributed by atoms with Crippen LogP contribution in [0, 0.1) is 11.8 Å². The quantitative estimate of drug-likeness (QED) is 0.827. The Bertz CT molecular complexity index is 481. The van der Waals surface area contributed by atoms with Crippen molar-refractivity contribution in [2.75, 3.05) is 13.1 Å². The normalized spacial score (nSPS) is 26.3. The highest BCUT2D eigenvalue weighted by atomic mass is 16.5. The fraction of sp³-hybridized carbons (Fsp3) is 0.400. The predicted molar refractivity (Wildman–Crippen MR) is 72.1 cm³/mol. The summed E-state index contributed by atoms with van der Waals surface area (Å²) in [7, 11) is 0. The Labute approximate surface area is 108 Å². The molecule has 0 radical (unpaired) electrons. The van der Waals surface area contributed by atoms with Gasteiger partial charge in [-0.05, 0) is 55.0 Å². The molecule has 94 valence electrons. The number of nitrogens with one attached hydrogen (secondary N) is 1. The zero-order valence-electron chi connectivity index (χ0n) is 10.4. The Morgan fingerprint density at radius 1 is 1.44 bits per heavy atom. The van der Waals surface area contributed by atoms with E-state index in [1.165, 1.54) is 23.8 Å². The Hall–Kier alpha value is -1.61. The summed E-state index contributed by atoms with van der Waals surface area (Å²) in [5, 5.41) is 3.47. The van der Waals surface area contributed by atoms with Crippen molar-refractivity contribution in [2.45, 2.75) is 12.8 Å². The maximum atomic E-state index is 5.29. The second kappa shape index (κ2) is 4.94. The number of fused-ring (bicyclic) bond motifs is 1. The van der Waals surface area contributed by atoms with Crippen molar-refractivity contribution in [3.05, 3.63) is 42.9 Å². The van der Waals surface area contributed by atoms with Crippen LogP contribution in [0.15, 0.2) is 37.4 Å². The second-order valence-corrected chi connectivity index (χ2v) is 5.01. The van der Waals surface area contributed by atoms with Crippen molar-refractivity contribution in [1.82, 2.24) is 10.3 Å². The smallest absolute Gasteiger partial charge is 0.145 e. The minimum absolute atomic E-state index is 0.741. The van der Waals surface area contributed by atoms with Gasteiger partial charge in [0.2, 0.25) is 0 Å². The van der Waals surface area contributed by atoms with Crippen LogP contribution in [0.5, 0.6) is 5.75 Å². The van der Waals surface area contributed by atoms with E-state index in [0.717, 1.165) is 37.1 Å². The molecule has 1 N–H and O–H groups in total. The highest BCUT2D eigenvalue weighted by Crippen LogP contribution is 2.39. The van der Waals surface area contributed by atoms with E-state index in [2.05, 4.69) is 23.0 Å². The molecule has 3 heteroatoms. The number of piperidine rings is 1. The first-order chi connectivity index (χ1) is 8.86. The van der Waals surface area contributed by atoms with Crippen LogP contribution in [0.3, 0.4) is 0 Å². The van der Waals surface area contributed by atoms with Gasteiger partial charge in [-0.15, -0.1) is 0 Å². The number of rotatable bonds is 3. The zero-order chi connectivity index (χ0) is 12.4. The molecule has 1 aromatic rings. The Kier molecular flexibility index (Phi) is 3.15. The van der Waals surface area contributed by atoms with E-state index in [-0.39, 0.29) is 0 Å². The van der Waals surface area contributed by atoms with Gasteiger partial charge in [-0.25, -0.2) is 0 Å². The highest BCUT2D eigenvalue weighted by Gasteiger charge is 2.30. The van der Waals surface area contributed by atoms with Crippen LogP contribution in [0.2, 0.25) is 0 Å². The van der Waals surface area contributed by atoms with Crippen LogP contribution in [-0.4, -0.2) is 18.1 Å². The van der Waals surface area contributed by atoms with E-state index < -0.39 is 0 Å². The first kappa shape index (κ1) is 11.5. The first-order valence-electron chi connectivity index (χ1n) is 6.51. The molecule has 1 aromatic heterocycles. The molecule has 0 bridgehead atoms. The molecule has 0 spiro atoms. The van der Waals surface area contributed by atoms with Crippen molar-refractivity contribution in [3.8, 4) is 5.75 Å². The van der Waals surface area contributed by atoms with Crippen molar-refractivity contribution in [3.63, 3.8) is 0 Å². The summed E-state index contributed by atoms with van der Waals surface area (Å²) >= 11 is 0. The summed E-state index contributed by atoms with van der Waals surface area (Å²) in [5.74, 6) is 2.26. The number of hydrogen-bond donors (Lipinski definition) is 1. The minimum atomic E-state index is 0.741. The number of ether oxygens (including phenoxy) is 1. The SMILES string of the molecule is C=COc1cncc(C2=CC3CCNCC3C2)c1. The highest BCUT2D eigenvalue weighted by molar-refractivity contribution is 5.68. The number of allylic oxidation sites excluding steroid dienone is 2. The van der Waals surface area contributed by atoms with Gasteiger partial charge in [0.15, 0.2) is 0 Å². The minimum Gasteiger partial charge on any atom is -0.464 e. The molecule has 2 unspecified atom stereocenters. The zero-order valence-corrected chi connectivity index (χ0v) is 10.4. The van der Waals surface area contributed by atoms with E-state index in [0.29, 0.717) is 0 Å². The molecule has 3 nitrogen and oxygen atoms in total. The number of pyridine rings is 1. The molecule has 2 heterocycles. The van der Waals surface area contributed by atoms with Crippen molar-refractivity contribution >= 4 is 5.57 Å². The third-order valence-corrected chi connectivity index (χ3v) is 3.87. The molecule has 0 amide bonds. The van der Waals surface area contributed by atoms with E-state index in [4.69, 9.17) is 4.74 Å². The van der Waals surface area contributed by atoms with Gasteiger partial charge in [0.05, 0.1) is 12.5 Å². The van der Waals surface area contributed by atoms with Crippen LogP contribution in [0.1, 0.15) is 18.4 Å². The lowest BCUT2D eigenvalue weighted by Crippen LogP contribution is -2.33. The molecule has 0 aromatic carbocycles. The van der Waals surface area contributed by atoms with Crippen LogP contribution >= 0.6 is 0 Å². The Morgan fingerprint density at radius 3 is 3.22 bits per heavy atom. The first-order valence-corrected chi connectivity index (χ1v) is 6.51. The van der Waals surface area contributed by atoms with Gasteiger partial charge in [0.1, 0.15) is 5.75 Å². The summed E-state index contributed by atoms with van der Waals surface area (Å²) in [6, 6.07) is 2.05. The second-order valence-electron chi connectivity index (χ2n) is 5.01. The van der Waals surface area contributed by atoms with E-state index in [1.54, 1.807) is 6.20 Å². The molecule has 18 heavy (non-hydrogen) atoms. The van der Waals surface area contributed by atoms with Gasteiger partial charge >= 0.3 is 0 Å². The molecule has 1 aliphatic carbocycles. The number of aromatic nitrogens is 1. The van der Waals surface area contributed by atoms with Crippen LogP contribution in [-0.2, 0) is 0 Å². The predicted octanol–water partition coefficient (Wildman–Crippen LogP) is 2.62. The van der Waals surface area contributed by atoms with Gasteiger partial charge in [0.25, 0.3) is 0 Å². The Morgan fingerprint density at radius 2 is 2.39 bits per heavy atom. The standard InChI is InChI=1S/C15H18N2O/c1-2-18-15-7-14(9-17-10-15)12-5-11-3-4-16-8-13(11)6-12/h2,5,7,9-11,13,16H,1,3-4,6,8H2. The lowest BCUT2D eigenvalue weighted by Gasteiger charge is -2.25.